The molecule has 178 valence electrons. The first-order valence-electron chi connectivity index (χ1n) is 11.7. The second-order valence-corrected chi connectivity index (χ2v) is 8.73. The van der Waals surface area contributed by atoms with Gasteiger partial charge in [-0.1, -0.05) is 12.1 Å². The fourth-order valence-corrected chi connectivity index (χ4v) is 4.45. The number of carbonyl (C=O) groups excluding carboxylic acids is 2. The summed E-state index contributed by atoms with van der Waals surface area (Å²) in [5, 5.41) is 5.74. The zero-order valence-corrected chi connectivity index (χ0v) is 19.2. The van der Waals surface area contributed by atoms with Crippen LogP contribution in [0.4, 0.5) is 14.9 Å². The first-order chi connectivity index (χ1) is 17.0. The number of nitrogens with zero attached hydrogens (tertiary/aromatic N) is 3. The van der Waals surface area contributed by atoms with Gasteiger partial charge in [0.25, 0.3) is 5.91 Å². The molecule has 3 heterocycles. The SMILES string of the molecule is O=C(NCc1ccn2ccnc2c1)Nc1ccc(C2CCN(C(=O)c3ccc(F)cc3)CC2)cc1. The predicted octanol–water partition coefficient (Wildman–Crippen LogP) is 4.81. The van der Waals surface area contributed by atoms with Crippen molar-refractivity contribution in [1.82, 2.24) is 19.6 Å². The van der Waals surface area contributed by atoms with Gasteiger partial charge in [-0.15, -0.1) is 0 Å². The van der Waals surface area contributed by atoms with E-state index in [-0.39, 0.29) is 17.8 Å². The minimum Gasteiger partial charge on any atom is -0.339 e. The average molecular weight is 472 g/mol. The summed E-state index contributed by atoms with van der Waals surface area (Å²) in [4.78, 5) is 31.0. The first-order valence-corrected chi connectivity index (χ1v) is 11.7. The third-order valence-electron chi connectivity index (χ3n) is 6.43. The molecule has 1 aliphatic rings. The first kappa shape index (κ1) is 22.6. The van der Waals surface area contributed by atoms with E-state index in [1.807, 2.05) is 58.1 Å². The molecule has 2 N–H and O–H groups in total. The molecule has 4 aromatic rings. The van der Waals surface area contributed by atoms with Crippen LogP contribution in [0.1, 0.15) is 40.2 Å². The van der Waals surface area contributed by atoms with Gasteiger partial charge in [-0.2, -0.15) is 0 Å². The molecule has 3 amide bonds. The maximum absolute atomic E-state index is 13.1. The number of hydrogen-bond acceptors (Lipinski definition) is 3. The van der Waals surface area contributed by atoms with Crippen molar-refractivity contribution in [3.05, 3.63) is 102 Å². The van der Waals surface area contributed by atoms with Crippen LogP contribution in [0.2, 0.25) is 0 Å². The van der Waals surface area contributed by atoms with Crippen LogP contribution in [0.3, 0.4) is 0 Å². The van der Waals surface area contributed by atoms with Gasteiger partial charge in [-0.25, -0.2) is 14.2 Å². The number of pyridine rings is 1. The Morgan fingerprint density at radius 3 is 2.46 bits per heavy atom. The van der Waals surface area contributed by atoms with Gasteiger partial charge < -0.3 is 19.9 Å². The van der Waals surface area contributed by atoms with Crippen molar-refractivity contribution in [2.45, 2.75) is 25.3 Å². The third kappa shape index (κ3) is 5.32. The molecule has 0 radical (unpaired) electrons. The van der Waals surface area contributed by atoms with Crippen molar-refractivity contribution >= 4 is 23.3 Å². The number of urea groups is 1. The topological polar surface area (TPSA) is 78.7 Å². The second-order valence-electron chi connectivity index (χ2n) is 8.73. The average Bonchev–Trinajstić information content (AvgIpc) is 3.36. The Kier molecular flexibility index (Phi) is 6.43. The van der Waals surface area contributed by atoms with Crippen LogP contribution in [0.5, 0.6) is 0 Å². The van der Waals surface area contributed by atoms with Crippen LogP contribution in [0.25, 0.3) is 5.65 Å². The summed E-state index contributed by atoms with van der Waals surface area (Å²) in [6.07, 6.45) is 7.25. The van der Waals surface area contributed by atoms with E-state index in [2.05, 4.69) is 15.6 Å². The maximum Gasteiger partial charge on any atom is 0.319 e. The molecular formula is C27H26FN5O2. The summed E-state index contributed by atoms with van der Waals surface area (Å²) in [5.74, 6) is -0.0468. The number of hydrogen-bond donors (Lipinski definition) is 2. The molecule has 2 aromatic heterocycles. The second kappa shape index (κ2) is 9.97. The third-order valence-corrected chi connectivity index (χ3v) is 6.43. The number of anilines is 1. The Hall–Kier alpha value is -4.20. The smallest absolute Gasteiger partial charge is 0.319 e. The van der Waals surface area contributed by atoms with Gasteiger partial charge in [0.15, 0.2) is 0 Å². The van der Waals surface area contributed by atoms with Gasteiger partial charge in [-0.05, 0) is 78.4 Å². The van der Waals surface area contributed by atoms with Crippen LogP contribution < -0.4 is 10.6 Å². The number of benzene rings is 2. The van der Waals surface area contributed by atoms with Crippen molar-refractivity contribution < 1.29 is 14.0 Å². The molecule has 1 saturated heterocycles. The highest BCUT2D eigenvalue weighted by Gasteiger charge is 2.24. The van der Waals surface area contributed by atoms with Crippen molar-refractivity contribution in [2.75, 3.05) is 18.4 Å². The highest BCUT2D eigenvalue weighted by Crippen LogP contribution is 2.29. The van der Waals surface area contributed by atoms with Crippen LogP contribution in [-0.4, -0.2) is 39.3 Å². The summed E-state index contributed by atoms with van der Waals surface area (Å²) < 4.78 is 15.0. The fraction of sp³-hybridized carbons (Fsp3) is 0.222. The Bertz CT molecular complexity index is 1330. The van der Waals surface area contributed by atoms with Gasteiger partial charge in [-0.3, -0.25) is 4.79 Å². The molecule has 0 spiro atoms. The fourth-order valence-electron chi connectivity index (χ4n) is 4.45. The Morgan fingerprint density at radius 2 is 1.71 bits per heavy atom. The lowest BCUT2D eigenvalue weighted by Gasteiger charge is -2.32. The Labute approximate surface area is 202 Å². The lowest BCUT2D eigenvalue weighted by Crippen LogP contribution is -2.37. The monoisotopic (exact) mass is 471 g/mol. The van der Waals surface area contributed by atoms with E-state index in [9.17, 15) is 14.0 Å². The Balaban J connectivity index is 1.10. The van der Waals surface area contributed by atoms with Crippen molar-refractivity contribution in [1.29, 1.82) is 0 Å². The van der Waals surface area contributed by atoms with E-state index in [1.165, 1.54) is 29.8 Å². The molecule has 0 unspecified atom stereocenters. The number of fused-ring (bicyclic) bond motifs is 1. The lowest BCUT2D eigenvalue weighted by molar-refractivity contribution is 0.0713. The van der Waals surface area contributed by atoms with Gasteiger partial charge in [0, 0.05) is 49.5 Å². The molecule has 5 rings (SSSR count). The molecule has 2 aromatic carbocycles. The normalized spacial score (nSPS) is 14.1. The van der Waals surface area contributed by atoms with E-state index in [0.717, 1.165) is 29.7 Å². The molecule has 0 bridgehead atoms. The van der Waals surface area contributed by atoms with Crippen molar-refractivity contribution in [3.63, 3.8) is 0 Å². The van der Waals surface area contributed by atoms with Crippen LogP contribution in [0, 0.1) is 5.82 Å². The van der Waals surface area contributed by atoms with Gasteiger partial charge in [0.2, 0.25) is 0 Å². The van der Waals surface area contributed by atoms with Crippen molar-refractivity contribution in [2.24, 2.45) is 0 Å². The van der Waals surface area contributed by atoms with Gasteiger partial charge in [0.05, 0.1) is 0 Å². The summed E-state index contributed by atoms with van der Waals surface area (Å²) in [7, 11) is 0. The van der Waals surface area contributed by atoms with Crippen LogP contribution >= 0.6 is 0 Å². The van der Waals surface area contributed by atoms with Gasteiger partial charge >= 0.3 is 6.03 Å². The standard InChI is InChI=1S/C27H26FN5O2/c28-23-5-1-22(2-6-23)26(34)33-14-10-21(11-15-33)20-3-7-24(8-4-20)31-27(35)30-18-19-9-13-32-16-12-29-25(32)17-19/h1-9,12-13,16-17,21H,10-11,14-15,18H2,(H2,30,31,35). The molecule has 1 aliphatic heterocycles. The van der Waals surface area contributed by atoms with Crippen LogP contribution in [0.15, 0.2) is 79.3 Å². The lowest BCUT2D eigenvalue weighted by atomic mass is 9.89. The number of aromatic nitrogens is 2. The molecule has 1 fully saturated rings. The van der Waals surface area contributed by atoms with E-state index in [0.29, 0.717) is 31.1 Å². The van der Waals surface area contributed by atoms with E-state index >= 15 is 0 Å². The number of piperidine rings is 1. The molecule has 0 saturated carbocycles. The van der Waals surface area contributed by atoms with Crippen molar-refractivity contribution in [3.8, 4) is 0 Å². The number of likely N-dealkylation sites (tertiary alicyclic amines) is 1. The summed E-state index contributed by atoms with van der Waals surface area (Å²) >= 11 is 0. The molecule has 0 aliphatic carbocycles. The molecular weight excluding hydrogens is 445 g/mol. The Morgan fingerprint density at radius 1 is 0.971 bits per heavy atom. The summed E-state index contributed by atoms with van der Waals surface area (Å²) in [6, 6.07) is 17.2. The number of halogens is 1. The molecule has 7 nitrogen and oxygen atoms in total. The quantitative estimate of drug-likeness (QED) is 0.438. The zero-order chi connectivity index (χ0) is 24.2. The summed E-state index contributed by atoms with van der Waals surface area (Å²) in [6.45, 7) is 1.73. The maximum atomic E-state index is 13.1. The molecule has 0 atom stereocenters. The van der Waals surface area contributed by atoms with Crippen LogP contribution in [-0.2, 0) is 6.54 Å². The van der Waals surface area contributed by atoms with E-state index in [1.54, 1.807) is 6.20 Å². The number of amides is 3. The minimum absolute atomic E-state index is 0.0567. The molecule has 8 heteroatoms. The largest absolute Gasteiger partial charge is 0.339 e. The zero-order valence-electron chi connectivity index (χ0n) is 19.2. The van der Waals surface area contributed by atoms with E-state index in [4.69, 9.17) is 0 Å². The predicted molar refractivity (Wildman–Crippen MR) is 132 cm³/mol. The van der Waals surface area contributed by atoms with E-state index < -0.39 is 0 Å². The highest BCUT2D eigenvalue weighted by molar-refractivity contribution is 5.94. The minimum atomic E-state index is -0.344. The number of nitrogens with one attached hydrogen (secondary N) is 2. The number of imidazole rings is 1. The number of rotatable bonds is 5. The van der Waals surface area contributed by atoms with Gasteiger partial charge in [0.1, 0.15) is 11.5 Å². The highest BCUT2D eigenvalue weighted by atomic mass is 19.1. The molecule has 35 heavy (non-hydrogen) atoms. The number of carbonyl (C=O) groups is 2. The summed E-state index contributed by atoms with van der Waals surface area (Å²) in [5.41, 5.74) is 4.24.